The summed E-state index contributed by atoms with van der Waals surface area (Å²) in [6, 6.07) is 14.2. The number of hydrogen-bond acceptors (Lipinski definition) is 3. The van der Waals surface area contributed by atoms with Crippen LogP contribution in [0.1, 0.15) is 54.6 Å². The lowest BCUT2D eigenvalue weighted by molar-refractivity contribution is -0.116. The predicted octanol–water partition coefficient (Wildman–Crippen LogP) is 5.19. The molecule has 0 spiro atoms. The fourth-order valence-electron chi connectivity index (χ4n) is 4.43. The molecule has 5 heteroatoms. The van der Waals surface area contributed by atoms with E-state index in [1.807, 2.05) is 23.1 Å². The van der Waals surface area contributed by atoms with Gasteiger partial charge < -0.3 is 10.2 Å². The number of nitrogens with one attached hydrogen (secondary N) is 1. The number of carbonyl (C=O) groups is 2. The molecule has 0 bridgehead atoms. The van der Waals surface area contributed by atoms with E-state index in [0.29, 0.717) is 29.7 Å². The Morgan fingerprint density at radius 3 is 2.67 bits per heavy atom. The minimum absolute atomic E-state index is 0.0398. The van der Waals surface area contributed by atoms with Crippen LogP contribution in [0, 0.1) is 18.8 Å². The molecular weight excluding hydrogens is 392 g/mol. The zero-order valence-corrected chi connectivity index (χ0v) is 18.8. The van der Waals surface area contributed by atoms with Gasteiger partial charge in [-0.3, -0.25) is 9.59 Å². The lowest BCUT2D eigenvalue weighted by atomic mass is 9.78. The predicted molar refractivity (Wildman–Crippen MR) is 123 cm³/mol. The third kappa shape index (κ3) is 4.41. The summed E-state index contributed by atoms with van der Waals surface area (Å²) >= 11 is 1.55. The summed E-state index contributed by atoms with van der Waals surface area (Å²) in [5.74, 6) is 1.59. The summed E-state index contributed by atoms with van der Waals surface area (Å²) in [6.45, 7) is 7.09. The van der Waals surface area contributed by atoms with Crippen LogP contribution in [-0.4, -0.2) is 23.6 Å². The molecule has 158 valence electrons. The van der Waals surface area contributed by atoms with E-state index < -0.39 is 0 Å². The van der Waals surface area contributed by atoms with E-state index in [0.717, 1.165) is 29.0 Å². The summed E-state index contributed by atoms with van der Waals surface area (Å²) in [7, 11) is 0. The van der Waals surface area contributed by atoms with E-state index >= 15 is 0 Å². The normalized spacial score (nSPS) is 23.8. The van der Waals surface area contributed by atoms with E-state index in [-0.39, 0.29) is 17.9 Å². The van der Waals surface area contributed by atoms with Gasteiger partial charge in [-0.15, -0.1) is 11.8 Å². The number of thioether (sulfide) groups is 1. The summed E-state index contributed by atoms with van der Waals surface area (Å²) < 4.78 is 0. The molecule has 0 radical (unpaired) electrons. The molecule has 1 saturated carbocycles. The van der Waals surface area contributed by atoms with Crippen LogP contribution in [0.4, 0.5) is 5.69 Å². The van der Waals surface area contributed by atoms with Gasteiger partial charge in [0.15, 0.2) is 0 Å². The molecule has 1 fully saturated rings. The maximum absolute atomic E-state index is 13.0. The van der Waals surface area contributed by atoms with Crippen LogP contribution in [0.2, 0.25) is 0 Å². The highest BCUT2D eigenvalue weighted by atomic mass is 32.2. The van der Waals surface area contributed by atoms with Crippen LogP contribution in [0.25, 0.3) is 0 Å². The van der Waals surface area contributed by atoms with Gasteiger partial charge in [-0.2, -0.15) is 0 Å². The number of fused-ring (bicyclic) bond motifs is 1. The van der Waals surface area contributed by atoms with E-state index in [2.05, 4.69) is 50.4 Å². The number of hydrogen-bond donors (Lipinski definition) is 1. The Morgan fingerprint density at radius 2 is 1.90 bits per heavy atom. The molecule has 1 aliphatic carbocycles. The Bertz CT molecular complexity index is 941. The molecule has 1 N–H and O–H groups in total. The van der Waals surface area contributed by atoms with Crippen molar-refractivity contribution in [2.45, 2.75) is 57.5 Å². The zero-order valence-electron chi connectivity index (χ0n) is 18.0. The molecule has 2 aromatic rings. The quantitative estimate of drug-likeness (QED) is 0.738. The Kier molecular flexibility index (Phi) is 6.19. The third-order valence-corrected chi connectivity index (χ3v) is 7.70. The van der Waals surface area contributed by atoms with Gasteiger partial charge in [-0.1, -0.05) is 56.5 Å². The van der Waals surface area contributed by atoms with Gasteiger partial charge in [0.1, 0.15) is 0 Å². The molecule has 4 rings (SSSR count). The monoisotopic (exact) mass is 422 g/mol. The fraction of sp³-hybridized carbons (Fsp3) is 0.440. The van der Waals surface area contributed by atoms with Crippen molar-refractivity contribution in [3.8, 4) is 0 Å². The van der Waals surface area contributed by atoms with Gasteiger partial charge >= 0.3 is 0 Å². The van der Waals surface area contributed by atoms with Crippen LogP contribution in [0.15, 0.2) is 47.4 Å². The average molecular weight is 423 g/mol. The van der Waals surface area contributed by atoms with Gasteiger partial charge in [0.2, 0.25) is 5.91 Å². The van der Waals surface area contributed by atoms with Crippen molar-refractivity contribution in [2.24, 2.45) is 11.8 Å². The first-order valence-electron chi connectivity index (χ1n) is 10.9. The number of carbonyl (C=O) groups excluding carboxylic acids is 2. The van der Waals surface area contributed by atoms with Crippen molar-refractivity contribution < 1.29 is 9.59 Å². The molecule has 30 heavy (non-hydrogen) atoms. The maximum atomic E-state index is 13.0. The summed E-state index contributed by atoms with van der Waals surface area (Å²) in [5.41, 5.74) is 3.76. The number of anilines is 1. The fourth-order valence-corrected chi connectivity index (χ4v) is 5.35. The Labute approximate surface area is 183 Å². The molecule has 1 heterocycles. The molecule has 2 amide bonds. The Hall–Kier alpha value is -2.27. The molecule has 0 unspecified atom stereocenters. The highest BCUT2D eigenvalue weighted by molar-refractivity contribution is 8.00. The lowest BCUT2D eigenvalue weighted by Crippen LogP contribution is -2.43. The number of rotatable bonds is 4. The van der Waals surface area contributed by atoms with Gasteiger partial charge in [0.05, 0.1) is 18.0 Å². The lowest BCUT2D eigenvalue weighted by Gasteiger charge is -2.34. The molecule has 0 saturated heterocycles. The standard InChI is InChI=1S/C25H30N2O2S/c1-16-7-9-19(10-8-16)14-27-22-13-20(11-12-23(22)30-15-24(27)28)25(29)26-21-6-4-5-17(2)18(21)3/h7-13,17-18,21H,4-6,14-15H2,1-3H3,(H,26,29)/t17-,18-,21+/m0/s1. The van der Waals surface area contributed by atoms with Gasteiger partial charge in [-0.05, 0) is 48.9 Å². The second-order valence-electron chi connectivity index (χ2n) is 8.78. The summed E-state index contributed by atoms with van der Waals surface area (Å²) in [6.07, 6.45) is 3.44. The highest BCUT2D eigenvalue weighted by Gasteiger charge is 2.30. The number of amides is 2. The van der Waals surface area contributed by atoms with Gasteiger partial charge in [0.25, 0.3) is 5.91 Å². The number of nitrogens with zero attached hydrogens (tertiary/aromatic N) is 1. The first-order chi connectivity index (χ1) is 14.4. The zero-order chi connectivity index (χ0) is 21.3. The largest absolute Gasteiger partial charge is 0.349 e. The second-order valence-corrected chi connectivity index (χ2v) is 9.80. The first-order valence-corrected chi connectivity index (χ1v) is 11.8. The molecular formula is C25H30N2O2S. The van der Waals surface area contributed by atoms with Crippen molar-refractivity contribution in [1.29, 1.82) is 0 Å². The van der Waals surface area contributed by atoms with Crippen LogP contribution >= 0.6 is 11.8 Å². The van der Waals surface area contributed by atoms with Crippen LogP contribution in [-0.2, 0) is 11.3 Å². The molecule has 0 aromatic heterocycles. The third-order valence-electron chi connectivity index (χ3n) is 6.65. The SMILES string of the molecule is Cc1ccc(CN2C(=O)CSc3ccc(C(=O)N[C@@H]4CCC[C@H](C)[C@@H]4C)cc32)cc1. The van der Waals surface area contributed by atoms with Gasteiger partial charge in [0, 0.05) is 16.5 Å². The number of aryl methyl sites for hydroxylation is 1. The molecule has 2 aromatic carbocycles. The topological polar surface area (TPSA) is 49.4 Å². The molecule has 3 atom stereocenters. The minimum atomic E-state index is -0.0398. The summed E-state index contributed by atoms with van der Waals surface area (Å²) in [4.78, 5) is 28.6. The Balaban J connectivity index is 1.56. The Morgan fingerprint density at radius 1 is 1.13 bits per heavy atom. The molecule has 2 aliphatic rings. The van der Waals surface area contributed by atoms with Crippen molar-refractivity contribution in [1.82, 2.24) is 5.32 Å². The molecule has 1 aliphatic heterocycles. The maximum Gasteiger partial charge on any atom is 0.251 e. The van der Waals surface area contributed by atoms with Crippen molar-refractivity contribution in [2.75, 3.05) is 10.7 Å². The van der Waals surface area contributed by atoms with E-state index in [9.17, 15) is 9.59 Å². The van der Waals surface area contributed by atoms with E-state index in [4.69, 9.17) is 0 Å². The first kappa shape index (κ1) is 21.0. The van der Waals surface area contributed by atoms with Crippen LogP contribution in [0.5, 0.6) is 0 Å². The van der Waals surface area contributed by atoms with Crippen molar-refractivity contribution in [3.05, 3.63) is 59.2 Å². The number of benzene rings is 2. The summed E-state index contributed by atoms with van der Waals surface area (Å²) in [5, 5.41) is 3.25. The van der Waals surface area contributed by atoms with Crippen molar-refractivity contribution >= 4 is 29.3 Å². The van der Waals surface area contributed by atoms with E-state index in [1.54, 1.807) is 11.8 Å². The van der Waals surface area contributed by atoms with Crippen LogP contribution in [0.3, 0.4) is 0 Å². The minimum Gasteiger partial charge on any atom is -0.349 e. The average Bonchev–Trinajstić information content (AvgIpc) is 2.74. The smallest absolute Gasteiger partial charge is 0.251 e. The van der Waals surface area contributed by atoms with Crippen LogP contribution < -0.4 is 10.2 Å². The second kappa shape index (κ2) is 8.84. The van der Waals surface area contributed by atoms with Crippen molar-refractivity contribution in [3.63, 3.8) is 0 Å². The van der Waals surface area contributed by atoms with E-state index in [1.165, 1.54) is 12.0 Å². The highest BCUT2D eigenvalue weighted by Crippen LogP contribution is 2.37. The molecule has 4 nitrogen and oxygen atoms in total. The van der Waals surface area contributed by atoms with Gasteiger partial charge in [-0.25, -0.2) is 0 Å².